The van der Waals surface area contributed by atoms with E-state index in [0.717, 1.165) is 11.1 Å². The first kappa shape index (κ1) is 18.7. The van der Waals surface area contributed by atoms with Gasteiger partial charge in [-0.25, -0.2) is 0 Å². The van der Waals surface area contributed by atoms with Crippen LogP contribution in [0.4, 0.5) is 0 Å². The molecule has 0 heterocycles. The molecule has 0 spiro atoms. The summed E-state index contributed by atoms with van der Waals surface area (Å²) in [6.45, 7) is 15.0. The Labute approximate surface area is 150 Å². The van der Waals surface area contributed by atoms with Crippen LogP contribution < -0.4 is 0 Å². The molecular weight excluding hydrogens is 312 g/mol. The molecule has 0 unspecified atom stereocenters. The van der Waals surface area contributed by atoms with Gasteiger partial charge in [0.2, 0.25) is 0 Å². The number of aromatic hydroxyl groups is 1. The van der Waals surface area contributed by atoms with Crippen LogP contribution in [0.2, 0.25) is 0 Å². The predicted octanol–water partition coefficient (Wildman–Crippen LogP) is 6.88. The number of allylic oxidation sites excluding steroid dienone is 1. The number of aryl methyl sites for hydroxylation is 2. The summed E-state index contributed by atoms with van der Waals surface area (Å²) in [5.41, 5.74) is 5.92. The molecule has 24 heavy (non-hydrogen) atoms. The minimum Gasteiger partial charge on any atom is -0.507 e. The standard InChI is InChI=1S/C22H28OS/c1-14(2)10-17-12-20(16(4)11-19(17)23)24-21-13-18(22(5,6)7)9-8-15(21)3/h8-13,23H,1-7H3. The minimum absolute atomic E-state index is 0.139. The molecule has 0 fully saturated rings. The van der Waals surface area contributed by atoms with Crippen LogP contribution in [0.3, 0.4) is 0 Å². The number of benzene rings is 2. The molecular formula is C22H28OS. The van der Waals surface area contributed by atoms with Crippen molar-refractivity contribution in [1.29, 1.82) is 0 Å². The molecule has 0 saturated carbocycles. The van der Waals surface area contributed by atoms with Crippen LogP contribution in [0.25, 0.3) is 6.08 Å². The third-order valence-electron chi connectivity index (χ3n) is 4.04. The maximum absolute atomic E-state index is 10.2. The highest BCUT2D eigenvalue weighted by Crippen LogP contribution is 2.38. The van der Waals surface area contributed by atoms with Gasteiger partial charge in [0.15, 0.2) is 0 Å². The highest BCUT2D eigenvalue weighted by molar-refractivity contribution is 7.99. The zero-order valence-electron chi connectivity index (χ0n) is 15.8. The molecule has 1 N–H and O–H groups in total. The zero-order chi connectivity index (χ0) is 18.1. The Morgan fingerprint density at radius 3 is 2.17 bits per heavy atom. The van der Waals surface area contributed by atoms with E-state index < -0.39 is 0 Å². The lowest BCUT2D eigenvalue weighted by Crippen LogP contribution is -2.11. The van der Waals surface area contributed by atoms with Crippen LogP contribution in [-0.2, 0) is 5.41 Å². The molecule has 2 rings (SSSR count). The van der Waals surface area contributed by atoms with Crippen LogP contribution in [-0.4, -0.2) is 5.11 Å². The van der Waals surface area contributed by atoms with Crippen molar-refractivity contribution >= 4 is 17.8 Å². The monoisotopic (exact) mass is 340 g/mol. The molecule has 2 aromatic carbocycles. The summed E-state index contributed by atoms with van der Waals surface area (Å²) in [4.78, 5) is 2.47. The number of phenols is 1. The van der Waals surface area contributed by atoms with Crippen LogP contribution in [0, 0.1) is 13.8 Å². The normalized spacial score (nSPS) is 11.5. The molecule has 0 aliphatic carbocycles. The Hall–Kier alpha value is -1.67. The van der Waals surface area contributed by atoms with Crippen molar-refractivity contribution < 1.29 is 5.11 Å². The first-order valence-electron chi connectivity index (χ1n) is 8.35. The summed E-state index contributed by atoms with van der Waals surface area (Å²) in [5.74, 6) is 0.346. The number of hydrogen-bond acceptors (Lipinski definition) is 2. The lowest BCUT2D eigenvalue weighted by Gasteiger charge is -2.21. The van der Waals surface area contributed by atoms with E-state index in [9.17, 15) is 5.11 Å². The fourth-order valence-corrected chi connectivity index (χ4v) is 3.58. The summed E-state index contributed by atoms with van der Waals surface area (Å²) in [6, 6.07) is 10.7. The molecule has 0 aromatic heterocycles. The lowest BCUT2D eigenvalue weighted by atomic mass is 9.87. The van der Waals surface area contributed by atoms with Crippen LogP contribution in [0.5, 0.6) is 5.75 Å². The van der Waals surface area contributed by atoms with E-state index in [0.29, 0.717) is 5.75 Å². The average Bonchev–Trinajstić information content (AvgIpc) is 2.44. The van der Waals surface area contributed by atoms with Gasteiger partial charge in [-0.1, -0.05) is 56.3 Å². The summed E-state index contributed by atoms with van der Waals surface area (Å²) >= 11 is 1.78. The largest absolute Gasteiger partial charge is 0.507 e. The van der Waals surface area contributed by atoms with Crippen LogP contribution in [0.15, 0.2) is 45.7 Å². The van der Waals surface area contributed by atoms with Gasteiger partial charge in [0.1, 0.15) is 5.75 Å². The average molecular weight is 341 g/mol. The van der Waals surface area contributed by atoms with Crippen molar-refractivity contribution in [3.8, 4) is 5.75 Å². The third kappa shape index (κ3) is 4.45. The maximum Gasteiger partial charge on any atom is 0.123 e. The Morgan fingerprint density at radius 2 is 1.58 bits per heavy atom. The number of phenolic OH excluding ortho intramolecular Hbond substituents is 1. The van der Waals surface area contributed by atoms with E-state index in [1.807, 2.05) is 26.0 Å². The predicted molar refractivity (Wildman–Crippen MR) is 106 cm³/mol. The first-order chi connectivity index (χ1) is 11.1. The van der Waals surface area contributed by atoms with Gasteiger partial charge in [-0.3, -0.25) is 0 Å². The molecule has 0 saturated heterocycles. The van der Waals surface area contributed by atoms with Crippen molar-refractivity contribution in [3.63, 3.8) is 0 Å². The van der Waals surface area contributed by atoms with E-state index in [4.69, 9.17) is 0 Å². The molecule has 0 radical (unpaired) electrons. The lowest BCUT2D eigenvalue weighted by molar-refractivity contribution is 0.473. The third-order valence-corrected chi connectivity index (χ3v) is 5.36. The molecule has 0 aliphatic rings. The fourth-order valence-electron chi connectivity index (χ4n) is 2.52. The van der Waals surface area contributed by atoms with Gasteiger partial charge >= 0.3 is 0 Å². The van der Waals surface area contributed by atoms with Gasteiger partial charge in [0, 0.05) is 15.4 Å². The Morgan fingerprint density at radius 1 is 0.958 bits per heavy atom. The summed E-state index contributed by atoms with van der Waals surface area (Å²) in [5, 5.41) is 10.2. The van der Waals surface area contributed by atoms with E-state index in [1.54, 1.807) is 11.8 Å². The Bertz CT molecular complexity index is 775. The number of hydrogen-bond donors (Lipinski definition) is 1. The van der Waals surface area contributed by atoms with Crippen LogP contribution in [0.1, 0.15) is 56.9 Å². The SMILES string of the molecule is CC(C)=Cc1cc(Sc2cc(C(C)(C)C)ccc2C)c(C)cc1O. The van der Waals surface area contributed by atoms with Gasteiger partial charge in [0.05, 0.1) is 0 Å². The van der Waals surface area contributed by atoms with Gasteiger partial charge in [-0.2, -0.15) is 0 Å². The van der Waals surface area contributed by atoms with Crippen molar-refractivity contribution in [3.05, 3.63) is 58.2 Å². The maximum atomic E-state index is 10.2. The van der Waals surface area contributed by atoms with Crippen molar-refractivity contribution in [2.24, 2.45) is 0 Å². The molecule has 0 aliphatic heterocycles. The second-order valence-corrected chi connectivity index (χ2v) is 8.81. The van der Waals surface area contributed by atoms with Crippen molar-refractivity contribution in [2.75, 3.05) is 0 Å². The summed E-state index contributed by atoms with van der Waals surface area (Å²) in [7, 11) is 0. The van der Waals surface area contributed by atoms with Gasteiger partial charge in [-0.15, -0.1) is 0 Å². The highest BCUT2D eigenvalue weighted by atomic mass is 32.2. The second kappa shape index (κ2) is 7.06. The van der Waals surface area contributed by atoms with Gasteiger partial charge < -0.3 is 5.11 Å². The van der Waals surface area contributed by atoms with Crippen LogP contribution >= 0.6 is 11.8 Å². The molecule has 2 heteroatoms. The van der Waals surface area contributed by atoms with Crippen molar-refractivity contribution in [1.82, 2.24) is 0 Å². The van der Waals surface area contributed by atoms with Gasteiger partial charge in [-0.05, 0) is 68.0 Å². The topological polar surface area (TPSA) is 20.2 Å². The highest BCUT2D eigenvalue weighted by Gasteiger charge is 2.16. The number of rotatable bonds is 3. The molecule has 1 nitrogen and oxygen atoms in total. The zero-order valence-corrected chi connectivity index (χ0v) is 16.6. The van der Waals surface area contributed by atoms with Crippen molar-refractivity contribution in [2.45, 2.75) is 63.7 Å². The molecule has 128 valence electrons. The molecule has 0 atom stereocenters. The molecule has 0 bridgehead atoms. The molecule has 2 aromatic rings. The van der Waals surface area contributed by atoms with Gasteiger partial charge in [0.25, 0.3) is 0 Å². The summed E-state index contributed by atoms with van der Waals surface area (Å²) < 4.78 is 0. The van der Waals surface area contributed by atoms with E-state index in [-0.39, 0.29) is 5.41 Å². The quantitative estimate of drug-likeness (QED) is 0.657. The van der Waals surface area contributed by atoms with E-state index in [1.165, 1.54) is 26.5 Å². The fraction of sp³-hybridized carbons (Fsp3) is 0.364. The van der Waals surface area contributed by atoms with E-state index in [2.05, 4.69) is 58.9 Å². The summed E-state index contributed by atoms with van der Waals surface area (Å²) in [6.07, 6.45) is 2.03. The second-order valence-electron chi connectivity index (χ2n) is 7.73. The first-order valence-corrected chi connectivity index (χ1v) is 9.17. The Kier molecular flexibility index (Phi) is 5.49. The van der Waals surface area contributed by atoms with E-state index >= 15 is 0 Å². The minimum atomic E-state index is 0.139. The molecule has 0 amide bonds. The smallest absolute Gasteiger partial charge is 0.123 e. The Balaban J connectivity index is 2.46.